The Bertz CT molecular complexity index is 991. The minimum atomic E-state index is -4.54. The fraction of sp³-hybridized carbons (Fsp3) is 0.286. The maximum Gasteiger partial charge on any atom is 0.422 e. The lowest BCUT2D eigenvalue weighted by molar-refractivity contribution is -0.153. The molecule has 0 aliphatic rings. The highest BCUT2D eigenvalue weighted by molar-refractivity contribution is 6.04. The third-order valence-electron chi connectivity index (χ3n) is 3.54. The van der Waals surface area contributed by atoms with Gasteiger partial charge in [0.15, 0.2) is 6.61 Å². The summed E-state index contributed by atoms with van der Waals surface area (Å²) in [5.41, 5.74) is 0.0738. The van der Waals surface area contributed by atoms with Crippen molar-refractivity contribution < 1.29 is 32.2 Å². The van der Waals surface area contributed by atoms with Crippen molar-refractivity contribution in [3.05, 3.63) is 53.6 Å². The summed E-state index contributed by atoms with van der Waals surface area (Å²) in [6.45, 7) is 3.66. The molecule has 0 atom stereocenters. The predicted octanol–water partition coefficient (Wildman–Crippen LogP) is 5.10. The zero-order valence-corrected chi connectivity index (χ0v) is 17.0. The Hall–Kier alpha value is -3.74. The van der Waals surface area contributed by atoms with Crippen molar-refractivity contribution in [2.75, 3.05) is 17.2 Å². The number of hydrogen-bond donors (Lipinski definition) is 2. The third kappa shape index (κ3) is 7.89. The smallest absolute Gasteiger partial charge is 0.422 e. The summed E-state index contributed by atoms with van der Waals surface area (Å²) in [5.74, 6) is -0.757. The second kappa shape index (κ2) is 9.38. The molecule has 0 radical (unpaired) electrons. The van der Waals surface area contributed by atoms with Gasteiger partial charge in [0.25, 0.3) is 5.91 Å². The van der Waals surface area contributed by atoms with Crippen molar-refractivity contribution in [2.45, 2.75) is 32.5 Å². The van der Waals surface area contributed by atoms with Gasteiger partial charge in [-0.2, -0.15) is 18.4 Å². The molecule has 0 saturated heterocycles. The average molecular weight is 435 g/mol. The number of carbonyl (C=O) groups excluding carboxylic acids is 2. The Balaban J connectivity index is 2.03. The molecule has 0 aliphatic carbocycles. The minimum Gasteiger partial charge on any atom is -0.483 e. The molecule has 0 unspecified atom stereocenters. The number of halogens is 3. The molecule has 0 aliphatic heterocycles. The van der Waals surface area contributed by atoms with Gasteiger partial charge in [-0.25, -0.2) is 4.79 Å². The van der Waals surface area contributed by atoms with Gasteiger partial charge in [0.2, 0.25) is 0 Å². The number of nitrogens with one attached hydrogen (secondary N) is 2. The van der Waals surface area contributed by atoms with Crippen molar-refractivity contribution in [3.8, 4) is 11.8 Å². The normalized spacial score (nSPS) is 11.3. The molecule has 0 heterocycles. The molecule has 0 bridgehead atoms. The van der Waals surface area contributed by atoms with E-state index in [0.29, 0.717) is 5.69 Å². The van der Waals surface area contributed by atoms with E-state index in [9.17, 15) is 22.8 Å². The first-order chi connectivity index (χ1) is 14.4. The van der Waals surface area contributed by atoms with Gasteiger partial charge in [-0.05, 0) is 63.2 Å². The lowest BCUT2D eigenvalue weighted by atomic mass is 10.1. The molecule has 2 amide bonds. The lowest BCUT2D eigenvalue weighted by Gasteiger charge is -2.19. The fourth-order valence-electron chi connectivity index (χ4n) is 2.31. The Morgan fingerprint density at radius 3 is 2.16 bits per heavy atom. The number of ether oxygens (including phenoxy) is 2. The standard InChI is InChI=1S/C21H20F3N3O4/c1-20(2,3)31-19(29)27-15-6-4-13(5-7-15)18(28)26-16-8-9-17(14(10-16)11-25)30-12-21(22,23)24/h4-10H,12H2,1-3H3,(H,26,28)(H,27,29). The number of amides is 2. The van der Waals surface area contributed by atoms with Gasteiger partial charge in [-0.1, -0.05) is 0 Å². The van der Waals surface area contributed by atoms with Gasteiger partial charge in [0.05, 0.1) is 5.56 Å². The molecule has 0 aromatic heterocycles. The van der Waals surface area contributed by atoms with Crippen LogP contribution in [0.2, 0.25) is 0 Å². The van der Waals surface area contributed by atoms with E-state index in [0.717, 1.165) is 0 Å². The number of anilines is 2. The van der Waals surface area contributed by atoms with Gasteiger partial charge in [0, 0.05) is 16.9 Å². The maximum absolute atomic E-state index is 12.4. The van der Waals surface area contributed by atoms with Gasteiger partial charge < -0.3 is 14.8 Å². The molecule has 2 rings (SSSR count). The lowest BCUT2D eigenvalue weighted by Crippen LogP contribution is -2.27. The monoisotopic (exact) mass is 435 g/mol. The first-order valence-electron chi connectivity index (χ1n) is 9.01. The molecular formula is C21H20F3N3O4. The van der Waals surface area contributed by atoms with Crippen LogP contribution in [0, 0.1) is 11.3 Å². The number of nitrogens with zero attached hydrogens (tertiary/aromatic N) is 1. The van der Waals surface area contributed by atoms with E-state index in [1.165, 1.54) is 42.5 Å². The molecular weight excluding hydrogens is 415 g/mol. The van der Waals surface area contributed by atoms with Crippen molar-refractivity contribution in [3.63, 3.8) is 0 Å². The molecule has 10 heteroatoms. The molecule has 164 valence electrons. The quantitative estimate of drug-likeness (QED) is 0.681. The first kappa shape index (κ1) is 23.5. The second-order valence-corrected chi connectivity index (χ2v) is 7.38. The summed E-state index contributed by atoms with van der Waals surface area (Å²) in [7, 11) is 0. The van der Waals surface area contributed by atoms with Gasteiger partial charge >= 0.3 is 12.3 Å². The third-order valence-corrected chi connectivity index (χ3v) is 3.54. The van der Waals surface area contributed by atoms with Gasteiger partial charge in [-0.3, -0.25) is 10.1 Å². The average Bonchev–Trinajstić information content (AvgIpc) is 2.65. The minimum absolute atomic E-state index is 0.154. The van der Waals surface area contributed by atoms with Crippen LogP contribution in [0.3, 0.4) is 0 Å². The number of benzene rings is 2. The molecule has 2 aromatic carbocycles. The number of rotatable bonds is 5. The van der Waals surface area contributed by atoms with E-state index in [2.05, 4.69) is 15.4 Å². The summed E-state index contributed by atoms with van der Waals surface area (Å²) in [6.07, 6.45) is -5.18. The zero-order valence-electron chi connectivity index (χ0n) is 17.0. The zero-order chi connectivity index (χ0) is 23.2. The van der Waals surface area contributed by atoms with E-state index in [4.69, 9.17) is 10.00 Å². The summed E-state index contributed by atoms with van der Waals surface area (Å²) in [5, 5.41) is 14.2. The summed E-state index contributed by atoms with van der Waals surface area (Å²) < 4.78 is 46.6. The van der Waals surface area contributed by atoms with Crippen LogP contribution in [0.15, 0.2) is 42.5 Å². The molecule has 0 spiro atoms. The van der Waals surface area contributed by atoms with E-state index in [1.807, 2.05) is 0 Å². The molecule has 0 saturated carbocycles. The van der Waals surface area contributed by atoms with E-state index in [1.54, 1.807) is 26.8 Å². The Kier molecular flexibility index (Phi) is 7.12. The molecule has 2 N–H and O–H groups in total. The van der Waals surface area contributed by atoms with Gasteiger partial charge in [-0.15, -0.1) is 0 Å². The van der Waals surface area contributed by atoms with Crippen molar-refractivity contribution in [2.24, 2.45) is 0 Å². The number of carbonyl (C=O) groups is 2. The molecule has 2 aromatic rings. The first-order valence-corrected chi connectivity index (χ1v) is 9.01. The van der Waals surface area contributed by atoms with E-state index < -0.39 is 30.4 Å². The fourth-order valence-corrected chi connectivity index (χ4v) is 2.31. The van der Waals surface area contributed by atoms with Crippen LogP contribution in [-0.4, -0.2) is 30.4 Å². The van der Waals surface area contributed by atoms with Crippen LogP contribution in [0.25, 0.3) is 0 Å². The van der Waals surface area contributed by atoms with Crippen molar-refractivity contribution >= 4 is 23.4 Å². The SMILES string of the molecule is CC(C)(C)OC(=O)Nc1ccc(C(=O)Nc2ccc(OCC(F)(F)F)c(C#N)c2)cc1. The van der Waals surface area contributed by atoms with Crippen LogP contribution < -0.4 is 15.4 Å². The largest absolute Gasteiger partial charge is 0.483 e. The van der Waals surface area contributed by atoms with Crippen LogP contribution in [0.4, 0.5) is 29.3 Å². The Morgan fingerprint density at radius 1 is 1.00 bits per heavy atom. The highest BCUT2D eigenvalue weighted by Crippen LogP contribution is 2.25. The topological polar surface area (TPSA) is 100 Å². The second-order valence-electron chi connectivity index (χ2n) is 7.38. The molecule has 0 fully saturated rings. The summed E-state index contributed by atoms with van der Waals surface area (Å²) >= 11 is 0. The highest BCUT2D eigenvalue weighted by atomic mass is 19.4. The number of nitriles is 1. The van der Waals surface area contributed by atoms with Crippen LogP contribution >= 0.6 is 0 Å². The predicted molar refractivity (Wildman–Crippen MR) is 107 cm³/mol. The number of hydrogen-bond acceptors (Lipinski definition) is 5. The summed E-state index contributed by atoms with van der Waals surface area (Å²) in [6, 6.07) is 11.4. The van der Waals surface area contributed by atoms with Gasteiger partial charge in [0.1, 0.15) is 17.4 Å². The van der Waals surface area contributed by atoms with Crippen LogP contribution in [-0.2, 0) is 4.74 Å². The Labute approximate surface area is 176 Å². The molecule has 31 heavy (non-hydrogen) atoms. The Morgan fingerprint density at radius 2 is 1.61 bits per heavy atom. The summed E-state index contributed by atoms with van der Waals surface area (Å²) in [4.78, 5) is 24.2. The number of alkyl halides is 3. The van der Waals surface area contributed by atoms with Crippen molar-refractivity contribution in [1.82, 2.24) is 0 Å². The van der Waals surface area contributed by atoms with Crippen LogP contribution in [0.1, 0.15) is 36.7 Å². The maximum atomic E-state index is 12.4. The van der Waals surface area contributed by atoms with Crippen LogP contribution in [0.5, 0.6) is 5.75 Å². The highest BCUT2D eigenvalue weighted by Gasteiger charge is 2.29. The van der Waals surface area contributed by atoms with E-state index >= 15 is 0 Å². The van der Waals surface area contributed by atoms with Crippen molar-refractivity contribution in [1.29, 1.82) is 5.26 Å². The molecule has 7 nitrogen and oxygen atoms in total. The van der Waals surface area contributed by atoms with E-state index in [-0.39, 0.29) is 22.6 Å².